The predicted octanol–water partition coefficient (Wildman–Crippen LogP) is 2.63. The molecule has 1 aromatic heterocycles. The van der Waals surface area contributed by atoms with Crippen LogP contribution in [0.2, 0.25) is 0 Å². The number of rotatable bonds is 7. The van der Waals surface area contributed by atoms with Crippen molar-refractivity contribution < 1.29 is 9.18 Å². The molecule has 5 nitrogen and oxygen atoms in total. The van der Waals surface area contributed by atoms with E-state index in [0.717, 1.165) is 13.0 Å². The van der Waals surface area contributed by atoms with Crippen LogP contribution >= 0.6 is 23.7 Å². The smallest absolute Gasteiger partial charge is 0.226 e. The minimum Gasteiger partial charge on any atom is -0.320 e. The van der Waals surface area contributed by atoms with Crippen molar-refractivity contribution in [3.05, 3.63) is 40.7 Å². The molecule has 0 fully saturated rings. The van der Waals surface area contributed by atoms with Crippen LogP contribution in [-0.2, 0) is 11.2 Å². The third-order valence-electron chi connectivity index (χ3n) is 2.84. The van der Waals surface area contributed by atoms with Crippen LogP contribution in [0.15, 0.2) is 24.3 Å². The topological polar surface area (TPSA) is 66.9 Å². The van der Waals surface area contributed by atoms with Crippen LogP contribution in [0.25, 0.3) is 0 Å². The van der Waals surface area contributed by atoms with E-state index < -0.39 is 0 Å². The van der Waals surface area contributed by atoms with Gasteiger partial charge in [0.2, 0.25) is 11.0 Å². The molecule has 1 amide bonds. The van der Waals surface area contributed by atoms with E-state index in [-0.39, 0.29) is 24.1 Å². The molecule has 0 aliphatic heterocycles. The Balaban J connectivity index is 0.00000242. The molecule has 8 heteroatoms. The van der Waals surface area contributed by atoms with Crippen LogP contribution in [0.1, 0.15) is 23.4 Å². The Kier molecular flexibility index (Phi) is 7.94. The first-order chi connectivity index (χ1) is 10.2. The maximum atomic E-state index is 13.5. The Hall–Kier alpha value is -1.57. The molecule has 0 unspecified atom stereocenters. The highest BCUT2D eigenvalue weighted by molar-refractivity contribution is 7.15. The van der Waals surface area contributed by atoms with Crippen molar-refractivity contribution in [2.75, 3.05) is 18.9 Å². The lowest BCUT2D eigenvalue weighted by atomic mass is 10.1. The van der Waals surface area contributed by atoms with E-state index in [9.17, 15) is 9.18 Å². The van der Waals surface area contributed by atoms with Crippen LogP contribution in [0.5, 0.6) is 0 Å². The van der Waals surface area contributed by atoms with Gasteiger partial charge in [0, 0.05) is 12.8 Å². The summed E-state index contributed by atoms with van der Waals surface area (Å²) < 4.78 is 13.5. The van der Waals surface area contributed by atoms with Crippen LogP contribution in [0.3, 0.4) is 0 Å². The van der Waals surface area contributed by atoms with E-state index in [1.165, 1.54) is 17.4 Å². The number of carbonyl (C=O) groups excluding carboxylic acids is 1. The lowest BCUT2D eigenvalue weighted by molar-refractivity contribution is -0.116. The number of hydrogen-bond acceptors (Lipinski definition) is 5. The standard InChI is InChI=1S/C14H17FN4OS.ClH/c1-16-8-4-7-12(20)17-14-19-18-13(21-14)9-10-5-2-3-6-11(10)15;/h2-3,5-6,16H,4,7-9H2,1H3,(H,17,19,20);1H. The number of amides is 1. The van der Waals surface area contributed by atoms with Gasteiger partial charge in [-0.15, -0.1) is 22.6 Å². The van der Waals surface area contributed by atoms with E-state index >= 15 is 0 Å². The van der Waals surface area contributed by atoms with Crippen LogP contribution in [0, 0.1) is 5.82 Å². The molecule has 0 saturated heterocycles. The molecule has 2 N–H and O–H groups in total. The second kappa shape index (κ2) is 9.45. The van der Waals surface area contributed by atoms with Crippen molar-refractivity contribution in [3.8, 4) is 0 Å². The molecule has 2 rings (SSSR count). The molecule has 0 radical (unpaired) electrons. The zero-order valence-electron chi connectivity index (χ0n) is 12.1. The Labute approximate surface area is 138 Å². The molecule has 0 spiro atoms. The van der Waals surface area contributed by atoms with Gasteiger partial charge in [-0.1, -0.05) is 29.5 Å². The van der Waals surface area contributed by atoms with Crippen molar-refractivity contribution in [3.63, 3.8) is 0 Å². The summed E-state index contributed by atoms with van der Waals surface area (Å²) in [6, 6.07) is 6.56. The zero-order chi connectivity index (χ0) is 15.1. The average Bonchev–Trinajstić information content (AvgIpc) is 2.89. The first-order valence-electron chi connectivity index (χ1n) is 6.69. The quantitative estimate of drug-likeness (QED) is 0.758. The molecule has 0 aliphatic rings. The molecular formula is C14H18ClFN4OS. The van der Waals surface area contributed by atoms with Gasteiger partial charge in [-0.25, -0.2) is 4.39 Å². The number of nitrogens with zero attached hydrogens (tertiary/aromatic N) is 2. The second-order valence-electron chi connectivity index (χ2n) is 4.52. The Morgan fingerprint density at radius 3 is 2.82 bits per heavy atom. The maximum absolute atomic E-state index is 13.5. The number of aromatic nitrogens is 2. The van der Waals surface area contributed by atoms with Crippen molar-refractivity contribution in [2.24, 2.45) is 0 Å². The van der Waals surface area contributed by atoms with Crippen molar-refractivity contribution in [1.29, 1.82) is 0 Å². The van der Waals surface area contributed by atoms with Crippen molar-refractivity contribution in [2.45, 2.75) is 19.3 Å². The summed E-state index contributed by atoms with van der Waals surface area (Å²) in [5, 5.41) is 14.7. The zero-order valence-corrected chi connectivity index (χ0v) is 13.8. The molecule has 1 heterocycles. The van der Waals surface area contributed by atoms with Gasteiger partial charge in [0.25, 0.3) is 0 Å². The second-order valence-corrected chi connectivity index (χ2v) is 5.59. The lowest BCUT2D eigenvalue weighted by Gasteiger charge is -2.00. The number of carbonyl (C=O) groups is 1. The van der Waals surface area contributed by atoms with Crippen LogP contribution in [-0.4, -0.2) is 29.7 Å². The summed E-state index contributed by atoms with van der Waals surface area (Å²) in [5.41, 5.74) is 0.570. The SMILES string of the molecule is CNCCCC(=O)Nc1nnc(Cc2ccccc2F)s1.Cl. The van der Waals surface area contributed by atoms with Gasteiger partial charge in [-0.05, 0) is 31.6 Å². The fourth-order valence-electron chi connectivity index (χ4n) is 1.79. The Bertz CT molecular complexity index is 608. The normalized spacial score (nSPS) is 10.1. The summed E-state index contributed by atoms with van der Waals surface area (Å²) in [6.45, 7) is 0.794. The fourth-order valence-corrected chi connectivity index (χ4v) is 2.57. The summed E-state index contributed by atoms with van der Waals surface area (Å²) >= 11 is 1.27. The van der Waals surface area contributed by atoms with Gasteiger partial charge in [0.05, 0.1) is 0 Å². The largest absolute Gasteiger partial charge is 0.320 e. The summed E-state index contributed by atoms with van der Waals surface area (Å²) in [5.74, 6) is -0.343. The summed E-state index contributed by atoms with van der Waals surface area (Å²) in [4.78, 5) is 11.6. The molecule has 120 valence electrons. The number of benzene rings is 1. The van der Waals surface area contributed by atoms with E-state index in [1.807, 2.05) is 7.05 Å². The summed E-state index contributed by atoms with van der Waals surface area (Å²) in [7, 11) is 1.84. The van der Waals surface area contributed by atoms with Crippen molar-refractivity contribution in [1.82, 2.24) is 15.5 Å². The number of anilines is 1. The van der Waals surface area contributed by atoms with Gasteiger partial charge in [0.15, 0.2) is 0 Å². The van der Waals surface area contributed by atoms with E-state index in [1.54, 1.807) is 18.2 Å². The monoisotopic (exact) mass is 344 g/mol. The van der Waals surface area contributed by atoms with Gasteiger partial charge in [-0.2, -0.15) is 0 Å². The van der Waals surface area contributed by atoms with Gasteiger partial charge in [-0.3, -0.25) is 4.79 Å². The predicted molar refractivity (Wildman–Crippen MR) is 88.2 cm³/mol. The molecule has 0 atom stereocenters. The third-order valence-corrected chi connectivity index (χ3v) is 3.68. The van der Waals surface area contributed by atoms with Gasteiger partial charge < -0.3 is 10.6 Å². The maximum Gasteiger partial charge on any atom is 0.226 e. The third kappa shape index (κ3) is 5.67. The van der Waals surface area contributed by atoms with Gasteiger partial charge >= 0.3 is 0 Å². The minimum atomic E-state index is -0.259. The molecule has 0 bridgehead atoms. The van der Waals surface area contributed by atoms with Crippen LogP contribution in [0.4, 0.5) is 9.52 Å². The molecule has 2 aromatic rings. The van der Waals surface area contributed by atoms with Gasteiger partial charge in [0.1, 0.15) is 10.8 Å². The average molecular weight is 345 g/mol. The summed E-state index contributed by atoms with van der Waals surface area (Å²) in [6.07, 6.45) is 1.58. The molecular weight excluding hydrogens is 327 g/mol. The van der Waals surface area contributed by atoms with E-state index in [2.05, 4.69) is 20.8 Å². The molecule has 0 aliphatic carbocycles. The molecule has 22 heavy (non-hydrogen) atoms. The van der Waals surface area contributed by atoms with E-state index in [4.69, 9.17) is 0 Å². The fraction of sp³-hybridized carbons (Fsp3) is 0.357. The first-order valence-corrected chi connectivity index (χ1v) is 7.51. The van der Waals surface area contributed by atoms with E-state index in [0.29, 0.717) is 28.5 Å². The highest BCUT2D eigenvalue weighted by Gasteiger charge is 2.10. The molecule has 1 aromatic carbocycles. The Morgan fingerprint density at radius 1 is 1.32 bits per heavy atom. The van der Waals surface area contributed by atoms with Crippen LogP contribution < -0.4 is 10.6 Å². The minimum absolute atomic E-state index is 0. The highest BCUT2D eigenvalue weighted by atomic mass is 35.5. The number of nitrogens with one attached hydrogen (secondary N) is 2. The Morgan fingerprint density at radius 2 is 2.09 bits per heavy atom. The van der Waals surface area contributed by atoms with Crippen molar-refractivity contribution >= 4 is 34.8 Å². The first kappa shape index (κ1) is 18.5. The lowest BCUT2D eigenvalue weighted by Crippen LogP contribution is -2.15. The molecule has 0 saturated carbocycles. The number of halogens is 2. The highest BCUT2D eigenvalue weighted by Crippen LogP contribution is 2.20. The number of hydrogen-bond donors (Lipinski definition) is 2.